The van der Waals surface area contributed by atoms with Crippen molar-refractivity contribution in [3.8, 4) is 0 Å². The molecular formula is C48H76KN2+. The standard InChI is InChI=1S/C46H70N2.C2H6.K/c1-7-12-13-14-15-16-17-18-19-20-21-22-23-24-25-28-39(6)44-29-26-27-30-45(44)46(40-31-35-42(36-32-40)47(8-2)9-3)41-33-37-43(38-34-41)48(10-4)11-5;1-2;/h26-27,29-38H,7-25,28H2,1-6H3;1-2H3;/q;;+1. The van der Waals surface area contributed by atoms with Crippen LogP contribution in [-0.4, -0.2) is 36.5 Å². The van der Waals surface area contributed by atoms with Gasteiger partial charge in [0.05, 0.1) is 0 Å². The predicted octanol–water partition coefficient (Wildman–Crippen LogP) is 11.2. The zero-order valence-electron chi connectivity index (χ0n) is 35.0. The Morgan fingerprint density at radius 2 is 1.06 bits per heavy atom. The first-order chi connectivity index (χ1) is 24.6. The van der Waals surface area contributed by atoms with Gasteiger partial charge in [0.2, 0.25) is 0 Å². The van der Waals surface area contributed by atoms with Gasteiger partial charge in [0, 0.05) is 30.9 Å². The minimum absolute atomic E-state index is 0. The summed E-state index contributed by atoms with van der Waals surface area (Å²) in [6, 6.07) is 18.4. The van der Waals surface area contributed by atoms with Gasteiger partial charge in [-0.25, -0.2) is 4.58 Å². The van der Waals surface area contributed by atoms with Gasteiger partial charge in [-0.2, -0.15) is 17.5 Å². The zero-order valence-corrected chi connectivity index (χ0v) is 38.1. The van der Waals surface area contributed by atoms with Gasteiger partial charge in [0.1, 0.15) is 13.1 Å². The topological polar surface area (TPSA) is 6.25 Å². The van der Waals surface area contributed by atoms with E-state index < -0.39 is 0 Å². The van der Waals surface area contributed by atoms with Crippen LogP contribution in [0.1, 0.15) is 175 Å². The van der Waals surface area contributed by atoms with E-state index in [1.54, 1.807) is 0 Å². The smallest absolute Gasteiger partial charge is 0.372 e. The van der Waals surface area contributed by atoms with E-state index in [1.807, 2.05) is 13.8 Å². The Morgan fingerprint density at radius 1 is 0.588 bits per heavy atom. The fourth-order valence-electron chi connectivity index (χ4n) is 7.30. The molecule has 1 aliphatic rings. The normalized spacial score (nSPS) is 11.9. The van der Waals surface area contributed by atoms with Crippen molar-refractivity contribution in [1.29, 1.82) is 0 Å². The van der Waals surface area contributed by atoms with Crippen molar-refractivity contribution in [3.63, 3.8) is 0 Å². The molecule has 0 heterocycles. The van der Waals surface area contributed by atoms with Crippen molar-refractivity contribution < 1.29 is 56.0 Å². The summed E-state index contributed by atoms with van der Waals surface area (Å²) in [6.45, 7) is 21.7. The average Bonchev–Trinajstić information content (AvgIpc) is 3.16. The van der Waals surface area contributed by atoms with E-state index in [2.05, 4.69) is 124 Å². The van der Waals surface area contributed by atoms with Gasteiger partial charge < -0.3 is 4.90 Å². The number of nitrogens with zero attached hydrogens (tertiary/aromatic N) is 2. The molecule has 1 aliphatic carbocycles. The summed E-state index contributed by atoms with van der Waals surface area (Å²) in [5, 5.41) is 0. The van der Waals surface area contributed by atoms with Gasteiger partial charge in [-0.3, -0.25) is 0 Å². The molecule has 51 heavy (non-hydrogen) atoms. The maximum absolute atomic E-state index is 2.42. The molecular weight excluding hydrogens is 644 g/mol. The Bertz CT molecular complexity index is 1270. The van der Waals surface area contributed by atoms with Crippen LogP contribution in [0.4, 0.5) is 5.69 Å². The summed E-state index contributed by atoms with van der Waals surface area (Å²) in [4.78, 5) is 2.42. The predicted molar refractivity (Wildman–Crippen MR) is 226 cm³/mol. The van der Waals surface area contributed by atoms with Crippen LogP contribution in [0.2, 0.25) is 0 Å². The molecule has 0 bridgehead atoms. The van der Waals surface area contributed by atoms with Crippen molar-refractivity contribution >= 4 is 17.0 Å². The summed E-state index contributed by atoms with van der Waals surface area (Å²) in [5.41, 5.74) is 9.25. The second kappa shape index (κ2) is 30.0. The van der Waals surface area contributed by atoms with Crippen molar-refractivity contribution in [3.05, 3.63) is 101 Å². The molecule has 2 aromatic carbocycles. The van der Waals surface area contributed by atoms with Gasteiger partial charge in [0.15, 0.2) is 5.71 Å². The third-order valence-electron chi connectivity index (χ3n) is 10.4. The minimum Gasteiger partial charge on any atom is -0.372 e. The average molecular weight is 720 g/mol. The summed E-state index contributed by atoms with van der Waals surface area (Å²) in [6.07, 6.45) is 31.6. The third kappa shape index (κ3) is 17.1. The van der Waals surface area contributed by atoms with Crippen LogP contribution in [0.15, 0.2) is 78.4 Å². The molecule has 0 unspecified atom stereocenters. The number of hydrogen-bond acceptors (Lipinski definition) is 1. The molecule has 0 spiro atoms. The molecule has 0 N–H and O–H groups in total. The van der Waals surface area contributed by atoms with Crippen LogP contribution in [-0.2, 0) is 0 Å². The number of benzene rings is 2. The van der Waals surface area contributed by atoms with E-state index in [-0.39, 0.29) is 51.4 Å². The molecule has 0 saturated carbocycles. The van der Waals surface area contributed by atoms with E-state index in [9.17, 15) is 0 Å². The van der Waals surface area contributed by atoms with Crippen molar-refractivity contribution in [1.82, 2.24) is 0 Å². The van der Waals surface area contributed by atoms with Crippen LogP contribution in [0.25, 0.3) is 5.57 Å². The number of hydrogen-bond donors (Lipinski definition) is 0. The van der Waals surface area contributed by atoms with Crippen LogP contribution in [0, 0.1) is 5.92 Å². The van der Waals surface area contributed by atoms with Crippen LogP contribution in [0.5, 0.6) is 0 Å². The Morgan fingerprint density at radius 3 is 1.53 bits per heavy atom. The first-order valence-electron chi connectivity index (χ1n) is 21.1. The molecule has 3 heteroatoms. The van der Waals surface area contributed by atoms with Crippen molar-refractivity contribution in [2.75, 3.05) is 31.1 Å². The molecule has 0 fully saturated rings. The van der Waals surface area contributed by atoms with E-state index in [0.717, 1.165) is 26.2 Å². The van der Waals surface area contributed by atoms with Gasteiger partial charge in [-0.05, 0) is 63.1 Å². The van der Waals surface area contributed by atoms with Gasteiger partial charge in [0.25, 0.3) is 0 Å². The zero-order chi connectivity index (χ0) is 36.4. The van der Waals surface area contributed by atoms with E-state index >= 15 is 0 Å². The van der Waals surface area contributed by atoms with Gasteiger partial charge in [-0.1, -0.05) is 154 Å². The number of rotatable bonds is 24. The molecule has 0 saturated heterocycles. The molecule has 0 aromatic heterocycles. The summed E-state index contributed by atoms with van der Waals surface area (Å²) in [5.74, 6) is 1.51. The third-order valence-corrected chi connectivity index (χ3v) is 10.4. The van der Waals surface area contributed by atoms with E-state index in [4.69, 9.17) is 0 Å². The first-order valence-corrected chi connectivity index (χ1v) is 21.1. The fourth-order valence-corrected chi connectivity index (χ4v) is 7.30. The molecule has 278 valence electrons. The molecule has 2 aromatic rings. The largest absolute Gasteiger partial charge is 1.00 e. The monoisotopic (exact) mass is 720 g/mol. The minimum atomic E-state index is 0. The summed E-state index contributed by atoms with van der Waals surface area (Å²) in [7, 11) is 0. The Labute approximate surface area is 359 Å². The van der Waals surface area contributed by atoms with Crippen LogP contribution < -0.4 is 56.3 Å². The van der Waals surface area contributed by atoms with E-state index in [1.165, 1.54) is 148 Å². The van der Waals surface area contributed by atoms with E-state index in [0.29, 0.717) is 0 Å². The van der Waals surface area contributed by atoms with Gasteiger partial charge >= 0.3 is 51.4 Å². The molecule has 0 atom stereocenters. The fraction of sp³-hybridized carbons (Fsp3) is 0.583. The van der Waals surface area contributed by atoms with Crippen LogP contribution >= 0.6 is 0 Å². The van der Waals surface area contributed by atoms with Gasteiger partial charge in [-0.15, -0.1) is 17.7 Å². The number of anilines is 1. The summed E-state index contributed by atoms with van der Waals surface area (Å²) >= 11 is 0. The number of unbranched alkanes of at least 4 members (excludes halogenated alkanes) is 14. The Kier molecular flexibility index (Phi) is 28.0. The van der Waals surface area contributed by atoms with Crippen LogP contribution in [0.3, 0.4) is 0 Å². The molecule has 0 radical (unpaired) electrons. The maximum Gasteiger partial charge on any atom is 1.00 e. The van der Waals surface area contributed by atoms with Crippen molar-refractivity contribution in [2.24, 2.45) is 0 Å². The summed E-state index contributed by atoms with van der Waals surface area (Å²) < 4.78 is 2.42. The molecule has 3 rings (SSSR count). The SMILES string of the molecule is CC.CCCCCCCCCCCCCCCCC[C-](C)c1ccccc1C(=C1C=CC(=[N+](CC)CC)C=C1)c1ccc(N(CC)CC)cc1.[K+]. The quantitative estimate of drug-likeness (QED) is 0.0453. The molecule has 0 amide bonds. The first kappa shape index (κ1) is 47.7. The van der Waals surface area contributed by atoms with Crippen molar-refractivity contribution in [2.45, 2.75) is 158 Å². The Balaban J connectivity index is 0.00000426. The second-order valence-corrected chi connectivity index (χ2v) is 13.8. The maximum atomic E-state index is 2.42. The molecule has 0 aliphatic heterocycles. The Hall–Kier alpha value is -1.36. The number of allylic oxidation sites excluding steroid dienone is 5. The molecule has 2 nitrogen and oxygen atoms in total. The second-order valence-electron chi connectivity index (χ2n) is 13.8.